The van der Waals surface area contributed by atoms with E-state index in [9.17, 15) is 13.2 Å². The SMILES string of the molecule is FC(F)(F)Oc1cccc(-c2ccn(-c3cc(N4CCOCC4)n4nc(-c5ccncc5)cc4n3)n2)c1. The fourth-order valence-electron chi connectivity index (χ4n) is 4.20. The summed E-state index contributed by atoms with van der Waals surface area (Å²) in [5, 5.41) is 9.38. The van der Waals surface area contributed by atoms with E-state index in [1.165, 1.54) is 18.2 Å². The summed E-state index contributed by atoms with van der Waals surface area (Å²) in [6.45, 7) is 2.58. The first kappa shape index (κ1) is 23.0. The largest absolute Gasteiger partial charge is 0.573 e. The van der Waals surface area contributed by atoms with Crippen LogP contribution in [-0.4, -0.2) is 62.0 Å². The van der Waals surface area contributed by atoms with Crippen molar-refractivity contribution in [1.29, 1.82) is 0 Å². The molecule has 5 heterocycles. The van der Waals surface area contributed by atoms with E-state index in [1.54, 1.807) is 39.9 Å². The highest BCUT2D eigenvalue weighted by Gasteiger charge is 2.31. The molecule has 0 unspecified atom stereocenters. The minimum atomic E-state index is -4.77. The molecule has 0 N–H and O–H groups in total. The van der Waals surface area contributed by atoms with Crippen LogP contribution in [0.2, 0.25) is 0 Å². The third-order valence-corrected chi connectivity index (χ3v) is 5.89. The molecule has 37 heavy (non-hydrogen) atoms. The molecule has 0 bridgehead atoms. The predicted octanol–water partition coefficient (Wildman–Crippen LogP) is 4.38. The molecule has 1 aromatic carbocycles. The van der Waals surface area contributed by atoms with E-state index in [4.69, 9.17) is 14.8 Å². The maximum absolute atomic E-state index is 12.7. The summed E-state index contributed by atoms with van der Waals surface area (Å²) in [6, 6.07) is 15.0. The molecule has 12 heteroatoms. The number of halogens is 3. The molecular weight excluding hydrogens is 487 g/mol. The lowest BCUT2D eigenvalue weighted by Crippen LogP contribution is -2.37. The van der Waals surface area contributed by atoms with Gasteiger partial charge in [0.2, 0.25) is 0 Å². The molecular formula is C25H20F3N7O2. The Morgan fingerprint density at radius 2 is 1.68 bits per heavy atom. The number of benzene rings is 1. The number of ether oxygens (including phenoxy) is 2. The summed E-state index contributed by atoms with van der Waals surface area (Å²) >= 11 is 0. The van der Waals surface area contributed by atoms with Crippen molar-refractivity contribution in [3.8, 4) is 34.1 Å². The normalized spacial score (nSPS) is 14.3. The average Bonchev–Trinajstić information content (AvgIpc) is 3.56. The van der Waals surface area contributed by atoms with Gasteiger partial charge in [0.05, 0.1) is 24.6 Å². The maximum atomic E-state index is 12.7. The van der Waals surface area contributed by atoms with Crippen LogP contribution < -0.4 is 9.64 Å². The number of aromatic nitrogens is 6. The van der Waals surface area contributed by atoms with Gasteiger partial charge in [-0.25, -0.2) is 9.67 Å². The average molecular weight is 507 g/mol. The fourth-order valence-corrected chi connectivity index (χ4v) is 4.20. The topological polar surface area (TPSA) is 82.6 Å². The zero-order chi connectivity index (χ0) is 25.4. The van der Waals surface area contributed by atoms with Crippen LogP contribution >= 0.6 is 0 Å². The van der Waals surface area contributed by atoms with Crippen molar-refractivity contribution in [1.82, 2.24) is 29.4 Å². The molecule has 1 saturated heterocycles. The number of anilines is 1. The molecule has 4 aromatic heterocycles. The molecule has 188 valence electrons. The second-order valence-electron chi connectivity index (χ2n) is 8.33. The van der Waals surface area contributed by atoms with Gasteiger partial charge in [0.15, 0.2) is 11.5 Å². The number of alkyl halides is 3. The fraction of sp³-hybridized carbons (Fsp3) is 0.200. The third-order valence-electron chi connectivity index (χ3n) is 5.89. The highest BCUT2D eigenvalue weighted by molar-refractivity contribution is 5.67. The van der Waals surface area contributed by atoms with Gasteiger partial charge in [-0.1, -0.05) is 12.1 Å². The van der Waals surface area contributed by atoms with Gasteiger partial charge in [-0.3, -0.25) is 4.98 Å². The predicted molar refractivity (Wildman–Crippen MR) is 128 cm³/mol. The summed E-state index contributed by atoms with van der Waals surface area (Å²) in [5.74, 6) is 1.07. The lowest BCUT2D eigenvalue weighted by Gasteiger charge is -2.29. The second kappa shape index (κ2) is 9.21. The van der Waals surface area contributed by atoms with Gasteiger partial charge in [-0.15, -0.1) is 13.2 Å². The molecule has 6 rings (SSSR count). The number of morpholine rings is 1. The van der Waals surface area contributed by atoms with Gasteiger partial charge < -0.3 is 14.4 Å². The quantitative estimate of drug-likeness (QED) is 0.349. The number of nitrogens with zero attached hydrogens (tertiary/aromatic N) is 7. The van der Waals surface area contributed by atoms with Crippen molar-refractivity contribution in [2.24, 2.45) is 0 Å². The molecule has 5 aromatic rings. The number of pyridine rings is 1. The summed E-state index contributed by atoms with van der Waals surface area (Å²) in [7, 11) is 0. The van der Waals surface area contributed by atoms with Crippen molar-refractivity contribution in [3.63, 3.8) is 0 Å². The molecule has 0 spiro atoms. The number of hydrogen-bond acceptors (Lipinski definition) is 7. The third kappa shape index (κ3) is 4.83. The molecule has 1 aliphatic rings. The first-order valence-electron chi connectivity index (χ1n) is 11.5. The van der Waals surface area contributed by atoms with Crippen molar-refractivity contribution < 1.29 is 22.6 Å². The summed E-state index contributed by atoms with van der Waals surface area (Å²) in [4.78, 5) is 11.0. The van der Waals surface area contributed by atoms with Crippen molar-refractivity contribution >= 4 is 11.5 Å². The molecule has 0 amide bonds. The van der Waals surface area contributed by atoms with Crippen LogP contribution in [0.1, 0.15) is 0 Å². The molecule has 9 nitrogen and oxygen atoms in total. The number of fused-ring (bicyclic) bond motifs is 1. The van der Waals surface area contributed by atoms with Crippen LogP contribution in [0, 0.1) is 0 Å². The molecule has 1 aliphatic heterocycles. The zero-order valence-corrected chi connectivity index (χ0v) is 19.3. The Morgan fingerprint density at radius 1 is 0.865 bits per heavy atom. The Hall–Kier alpha value is -4.45. The van der Waals surface area contributed by atoms with E-state index in [0.717, 1.165) is 17.1 Å². The van der Waals surface area contributed by atoms with Crippen molar-refractivity contribution in [2.45, 2.75) is 6.36 Å². The van der Waals surface area contributed by atoms with E-state index in [0.29, 0.717) is 49.0 Å². The van der Waals surface area contributed by atoms with Crippen molar-refractivity contribution in [3.05, 3.63) is 73.2 Å². The summed E-state index contributed by atoms with van der Waals surface area (Å²) in [6.07, 6.45) is 0.366. The van der Waals surface area contributed by atoms with Crippen LogP contribution in [0.4, 0.5) is 19.0 Å². The van der Waals surface area contributed by atoms with Gasteiger partial charge in [-0.05, 0) is 30.3 Å². The summed E-state index contributed by atoms with van der Waals surface area (Å²) in [5.41, 5.74) is 3.26. The molecule has 0 atom stereocenters. The first-order chi connectivity index (χ1) is 17.9. The van der Waals surface area contributed by atoms with Gasteiger partial charge in [0.1, 0.15) is 11.6 Å². The van der Waals surface area contributed by atoms with Crippen LogP contribution in [0.5, 0.6) is 5.75 Å². The van der Waals surface area contributed by atoms with Crippen LogP contribution in [0.15, 0.2) is 73.2 Å². The van der Waals surface area contributed by atoms with Crippen LogP contribution in [0.3, 0.4) is 0 Å². The highest BCUT2D eigenvalue weighted by Crippen LogP contribution is 2.29. The van der Waals surface area contributed by atoms with Gasteiger partial charge in [-0.2, -0.15) is 14.7 Å². The molecule has 1 fully saturated rings. The van der Waals surface area contributed by atoms with Crippen molar-refractivity contribution in [2.75, 3.05) is 31.2 Å². The number of hydrogen-bond donors (Lipinski definition) is 0. The number of rotatable bonds is 5. The molecule has 0 aliphatic carbocycles. The molecule has 0 radical (unpaired) electrons. The van der Waals surface area contributed by atoms with E-state index >= 15 is 0 Å². The first-order valence-corrected chi connectivity index (χ1v) is 11.5. The lowest BCUT2D eigenvalue weighted by atomic mass is 10.1. The van der Waals surface area contributed by atoms with Crippen LogP contribution in [-0.2, 0) is 4.74 Å². The van der Waals surface area contributed by atoms with E-state index in [-0.39, 0.29) is 5.75 Å². The Balaban J connectivity index is 1.40. The van der Waals surface area contributed by atoms with E-state index < -0.39 is 6.36 Å². The highest BCUT2D eigenvalue weighted by atomic mass is 19.4. The smallest absolute Gasteiger partial charge is 0.406 e. The Kier molecular flexibility index (Phi) is 5.72. The Bertz CT molecular complexity index is 1540. The van der Waals surface area contributed by atoms with Crippen LogP contribution in [0.25, 0.3) is 34.0 Å². The minimum absolute atomic E-state index is 0.309. The van der Waals surface area contributed by atoms with Gasteiger partial charge in [0.25, 0.3) is 0 Å². The second-order valence-corrected chi connectivity index (χ2v) is 8.33. The summed E-state index contributed by atoms with van der Waals surface area (Å²) < 4.78 is 50.9. The Morgan fingerprint density at radius 3 is 2.46 bits per heavy atom. The minimum Gasteiger partial charge on any atom is -0.406 e. The van der Waals surface area contributed by atoms with Gasteiger partial charge >= 0.3 is 6.36 Å². The zero-order valence-electron chi connectivity index (χ0n) is 19.3. The lowest BCUT2D eigenvalue weighted by molar-refractivity contribution is -0.274. The standard InChI is InChI=1S/C25H20F3N7O2/c26-25(27,28)37-19-3-1-2-18(14-19)20-6-9-34(31-20)22-16-24(33-10-12-36-13-11-33)35-23(30-22)15-21(32-35)17-4-7-29-8-5-17/h1-9,14-16H,10-13H2. The van der Waals surface area contributed by atoms with Gasteiger partial charge in [0, 0.05) is 54.9 Å². The maximum Gasteiger partial charge on any atom is 0.573 e. The van der Waals surface area contributed by atoms with E-state index in [2.05, 4.69) is 19.7 Å². The van der Waals surface area contributed by atoms with E-state index in [1.807, 2.05) is 24.3 Å². The molecule has 0 saturated carbocycles. The monoisotopic (exact) mass is 507 g/mol. The Labute approximate surface area is 208 Å².